The van der Waals surface area contributed by atoms with E-state index in [4.69, 9.17) is 5.73 Å². The van der Waals surface area contributed by atoms with Gasteiger partial charge < -0.3 is 10.8 Å². The summed E-state index contributed by atoms with van der Waals surface area (Å²) >= 11 is 2.22. The zero-order valence-electron chi connectivity index (χ0n) is 10.4. The van der Waals surface area contributed by atoms with Gasteiger partial charge in [-0.2, -0.15) is 0 Å². The fourth-order valence-corrected chi connectivity index (χ4v) is 2.09. The number of hydrogen-bond donors (Lipinski definition) is 2. The molecule has 0 bridgehead atoms. The van der Waals surface area contributed by atoms with E-state index >= 15 is 0 Å². The van der Waals surface area contributed by atoms with E-state index < -0.39 is 11.5 Å². The molecule has 0 unspecified atom stereocenters. The molecule has 0 aliphatic rings. The molecule has 0 aromatic heterocycles. The molecular weight excluding hydrogens is 365 g/mol. The van der Waals surface area contributed by atoms with E-state index in [0.717, 1.165) is 22.0 Å². The van der Waals surface area contributed by atoms with Gasteiger partial charge in [0.05, 0.1) is 0 Å². The van der Waals surface area contributed by atoms with Crippen LogP contribution in [0.3, 0.4) is 0 Å². The van der Waals surface area contributed by atoms with Crippen molar-refractivity contribution in [2.24, 2.45) is 5.73 Å². The number of halogens is 2. The molecule has 0 spiro atoms. The van der Waals surface area contributed by atoms with E-state index in [2.05, 4.69) is 22.6 Å². The Kier molecular flexibility index (Phi) is 7.82. The van der Waals surface area contributed by atoms with Gasteiger partial charge in [0.1, 0.15) is 5.54 Å². The number of carbonyl (C=O) groups is 1. The van der Waals surface area contributed by atoms with Crippen molar-refractivity contribution < 1.29 is 9.90 Å². The quantitative estimate of drug-likeness (QED) is 0.741. The molecule has 0 amide bonds. The van der Waals surface area contributed by atoms with Crippen LogP contribution in [0.2, 0.25) is 0 Å². The second-order valence-electron chi connectivity index (χ2n) is 4.37. The first-order valence-corrected chi connectivity index (χ1v) is 6.82. The largest absolute Gasteiger partial charge is 0.480 e. The molecule has 3 N–H and O–H groups in total. The van der Waals surface area contributed by atoms with E-state index in [9.17, 15) is 9.90 Å². The van der Waals surface area contributed by atoms with E-state index in [1.807, 2.05) is 31.2 Å². The number of carboxylic acid groups (broad SMARTS) is 1. The molecule has 0 aliphatic heterocycles. The summed E-state index contributed by atoms with van der Waals surface area (Å²) in [6.07, 6.45) is 2.70. The predicted molar refractivity (Wildman–Crippen MR) is 84.2 cm³/mol. The maximum absolute atomic E-state index is 11.3. The van der Waals surface area contributed by atoms with Crippen molar-refractivity contribution in [3.8, 4) is 0 Å². The summed E-state index contributed by atoms with van der Waals surface area (Å²) in [5.74, 6) is -0.912. The van der Waals surface area contributed by atoms with Crippen molar-refractivity contribution in [2.45, 2.75) is 38.1 Å². The topological polar surface area (TPSA) is 63.3 Å². The Bertz CT molecular complexity index is 383. The summed E-state index contributed by atoms with van der Waals surface area (Å²) in [6.45, 7) is 2.03. The SMILES string of the molecule is CCCC[C@](N)(Cc1ccc(I)cc1)C(=O)O.Cl. The zero-order valence-corrected chi connectivity index (χ0v) is 13.3. The first kappa shape index (κ1) is 17.7. The highest BCUT2D eigenvalue weighted by molar-refractivity contribution is 14.1. The molecular formula is C13H19ClINO2. The van der Waals surface area contributed by atoms with Crippen molar-refractivity contribution in [1.29, 1.82) is 0 Å². The maximum atomic E-state index is 11.3. The first-order valence-electron chi connectivity index (χ1n) is 5.74. The number of benzene rings is 1. The van der Waals surface area contributed by atoms with Gasteiger partial charge in [0.25, 0.3) is 0 Å². The van der Waals surface area contributed by atoms with Crippen LogP contribution in [0.5, 0.6) is 0 Å². The summed E-state index contributed by atoms with van der Waals surface area (Å²) < 4.78 is 1.14. The lowest BCUT2D eigenvalue weighted by molar-refractivity contribution is -0.143. The zero-order chi connectivity index (χ0) is 12.9. The Hall–Kier alpha value is -0.330. The number of nitrogens with two attached hydrogens (primary N) is 1. The van der Waals surface area contributed by atoms with Gasteiger partial charge in [-0.15, -0.1) is 12.4 Å². The Morgan fingerprint density at radius 3 is 2.39 bits per heavy atom. The minimum atomic E-state index is -1.14. The Labute approximate surface area is 128 Å². The van der Waals surface area contributed by atoms with Crippen molar-refractivity contribution in [2.75, 3.05) is 0 Å². The molecule has 0 saturated carbocycles. The number of rotatable bonds is 6. The Balaban J connectivity index is 0.00000289. The second-order valence-corrected chi connectivity index (χ2v) is 5.61. The summed E-state index contributed by atoms with van der Waals surface area (Å²) in [5.41, 5.74) is 5.84. The average molecular weight is 384 g/mol. The van der Waals surface area contributed by atoms with Crippen molar-refractivity contribution in [3.63, 3.8) is 0 Å². The fraction of sp³-hybridized carbons (Fsp3) is 0.462. The van der Waals surface area contributed by atoms with Gasteiger partial charge in [-0.25, -0.2) is 0 Å². The minimum absolute atomic E-state index is 0. The van der Waals surface area contributed by atoms with Crippen LogP contribution in [0, 0.1) is 3.57 Å². The second kappa shape index (κ2) is 7.96. The third-order valence-corrected chi connectivity index (χ3v) is 3.55. The van der Waals surface area contributed by atoms with Gasteiger partial charge in [-0.3, -0.25) is 4.79 Å². The van der Waals surface area contributed by atoms with Crippen LogP contribution in [0.1, 0.15) is 31.7 Å². The van der Waals surface area contributed by atoms with Crippen LogP contribution in [0.4, 0.5) is 0 Å². The summed E-state index contributed by atoms with van der Waals surface area (Å²) in [4.78, 5) is 11.3. The molecule has 5 heteroatoms. The predicted octanol–water partition coefficient (Wildman–Crippen LogP) is 3.23. The van der Waals surface area contributed by atoms with Crippen LogP contribution in [0.25, 0.3) is 0 Å². The van der Waals surface area contributed by atoms with E-state index in [1.165, 1.54) is 0 Å². The highest BCUT2D eigenvalue weighted by atomic mass is 127. The smallest absolute Gasteiger partial charge is 0.324 e. The van der Waals surface area contributed by atoms with Crippen molar-refractivity contribution in [3.05, 3.63) is 33.4 Å². The lowest BCUT2D eigenvalue weighted by Gasteiger charge is -2.24. The number of aliphatic carboxylic acids is 1. The van der Waals surface area contributed by atoms with E-state index in [-0.39, 0.29) is 12.4 Å². The fourth-order valence-electron chi connectivity index (χ4n) is 1.73. The van der Waals surface area contributed by atoms with E-state index in [0.29, 0.717) is 12.8 Å². The standard InChI is InChI=1S/C13H18INO2.ClH/c1-2-3-8-13(15,12(16)17)9-10-4-6-11(14)7-5-10;/h4-7H,2-3,8-9,15H2,1H3,(H,16,17);1H/t13-;/m0./s1. The minimum Gasteiger partial charge on any atom is -0.480 e. The van der Waals surface area contributed by atoms with Crippen LogP contribution in [0.15, 0.2) is 24.3 Å². The van der Waals surface area contributed by atoms with Gasteiger partial charge >= 0.3 is 5.97 Å². The number of carboxylic acids is 1. The molecule has 18 heavy (non-hydrogen) atoms. The molecule has 102 valence electrons. The summed E-state index contributed by atoms with van der Waals surface area (Å²) in [6, 6.07) is 7.83. The molecule has 1 atom stereocenters. The van der Waals surface area contributed by atoms with Crippen molar-refractivity contribution in [1.82, 2.24) is 0 Å². The molecule has 1 rings (SSSR count). The van der Waals surface area contributed by atoms with Crippen LogP contribution < -0.4 is 5.73 Å². The third kappa shape index (κ3) is 5.12. The van der Waals surface area contributed by atoms with Gasteiger partial charge in [0.2, 0.25) is 0 Å². The van der Waals surface area contributed by atoms with Crippen LogP contribution in [-0.4, -0.2) is 16.6 Å². The normalized spacial score (nSPS) is 13.5. The summed E-state index contributed by atoms with van der Waals surface area (Å²) in [7, 11) is 0. The lowest BCUT2D eigenvalue weighted by Crippen LogP contribution is -2.49. The third-order valence-electron chi connectivity index (χ3n) is 2.84. The molecule has 0 heterocycles. The molecule has 0 aliphatic carbocycles. The first-order chi connectivity index (χ1) is 7.98. The molecule has 1 aromatic rings. The van der Waals surface area contributed by atoms with Crippen LogP contribution in [-0.2, 0) is 11.2 Å². The van der Waals surface area contributed by atoms with Gasteiger partial charge in [0, 0.05) is 9.99 Å². The molecule has 1 aromatic carbocycles. The highest BCUT2D eigenvalue weighted by Crippen LogP contribution is 2.19. The molecule has 0 fully saturated rings. The van der Waals surface area contributed by atoms with Gasteiger partial charge in [-0.05, 0) is 46.7 Å². The maximum Gasteiger partial charge on any atom is 0.324 e. The average Bonchev–Trinajstić information content (AvgIpc) is 2.29. The van der Waals surface area contributed by atoms with Gasteiger partial charge in [0.15, 0.2) is 0 Å². The van der Waals surface area contributed by atoms with Gasteiger partial charge in [-0.1, -0.05) is 31.9 Å². The van der Waals surface area contributed by atoms with E-state index in [1.54, 1.807) is 0 Å². The Morgan fingerprint density at radius 2 is 1.94 bits per heavy atom. The summed E-state index contributed by atoms with van der Waals surface area (Å²) in [5, 5.41) is 9.25. The Morgan fingerprint density at radius 1 is 1.39 bits per heavy atom. The van der Waals surface area contributed by atoms with Crippen LogP contribution >= 0.6 is 35.0 Å². The number of hydrogen-bond acceptors (Lipinski definition) is 2. The molecule has 0 saturated heterocycles. The highest BCUT2D eigenvalue weighted by Gasteiger charge is 2.33. The monoisotopic (exact) mass is 383 g/mol. The lowest BCUT2D eigenvalue weighted by atomic mass is 9.87. The van der Waals surface area contributed by atoms with Crippen molar-refractivity contribution >= 4 is 41.0 Å². The molecule has 0 radical (unpaired) electrons. The molecule has 3 nitrogen and oxygen atoms in total. The number of unbranched alkanes of at least 4 members (excludes halogenated alkanes) is 1.